The van der Waals surface area contributed by atoms with Crippen molar-refractivity contribution in [1.29, 1.82) is 0 Å². The molecule has 88 valence electrons. The molecule has 0 bridgehead atoms. The molecule has 1 atom stereocenters. The van der Waals surface area contributed by atoms with Crippen molar-refractivity contribution in [1.82, 2.24) is 4.90 Å². The van der Waals surface area contributed by atoms with Crippen molar-refractivity contribution < 1.29 is 4.39 Å². The molecule has 0 aromatic heterocycles. The first-order chi connectivity index (χ1) is 7.72. The van der Waals surface area contributed by atoms with Crippen LogP contribution in [0.1, 0.15) is 31.7 Å². The molecule has 1 aliphatic rings. The maximum atomic E-state index is 13.6. The Labute approximate surface area is 96.2 Å². The molecule has 1 unspecified atom stereocenters. The van der Waals surface area contributed by atoms with Crippen molar-refractivity contribution >= 4 is 5.69 Å². The van der Waals surface area contributed by atoms with E-state index in [2.05, 4.69) is 11.8 Å². The van der Waals surface area contributed by atoms with Crippen LogP contribution in [0.25, 0.3) is 0 Å². The molecule has 2 N–H and O–H groups in total. The van der Waals surface area contributed by atoms with Crippen molar-refractivity contribution in [3.8, 4) is 0 Å². The SMILES string of the molecule is CCC1CCCN1Cc1c(N)cccc1F. The Morgan fingerprint density at radius 1 is 1.50 bits per heavy atom. The molecule has 1 aliphatic heterocycles. The monoisotopic (exact) mass is 222 g/mol. The van der Waals surface area contributed by atoms with Crippen molar-refractivity contribution in [3.63, 3.8) is 0 Å². The van der Waals surface area contributed by atoms with E-state index in [0.29, 0.717) is 23.8 Å². The van der Waals surface area contributed by atoms with Crippen LogP contribution < -0.4 is 5.73 Å². The van der Waals surface area contributed by atoms with Crippen molar-refractivity contribution in [2.45, 2.75) is 38.8 Å². The number of anilines is 1. The third-order valence-electron chi connectivity index (χ3n) is 3.49. The van der Waals surface area contributed by atoms with Gasteiger partial charge in [-0.15, -0.1) is 0 Å². The second kappa shape index (κ2) is 4.83. The molecule has 2 rings (SSSR count). The standard InChI is InChI=1S/C13H19FN2/c1-2-10-5-4-8-16(10)9-11-12(14)6-3-7-13(11)15/h3,6-7,10H,2,4-5,8-9,15H2,1H3. The number of nitrogens with two attached hydrogens (primary N) is 1. The maximum Gasteiger partial charge on any atom is 0.129 e. The van der Waals surface area contributed by atoms with Crippen molar-refractivity contribution in [3.05, 3.63) is 29.6 Å². The van der Waals surface area contributed by atoms with Gasteiger partial charge in [0.1, 0.15) is 5.82 Å². The molecule has 1 fully saturated rings. The first-order valence-electron chi connectivity index (χ1n) is 5.99. The van der Waals surface area contributed by atoms with Gasteiger partial charge in [-0.25, -0.2) is 4.39 Å². The second-order valence-electron chi connectivity index (χ2n) is 4.48. The highest BCUT2D eigenvalue weighted by molar-refractivity contribution is 5.47. The zero-order valence-electron chi connectivity index (χ0n) is 9.75. The molecule has 16 heavy (non-hydrogen) atoms. The summed E-state index contributed by atoms with van der Waals surface area (Å²) in [5.74, 6) is -0.179. The summed E-state index contributed by atoms with van der Waals surface area (Å²) in [5.41, 5.74) is 7.05. The highest BCUT2D eigenvalue weighted by Crippen LogP contribution is 2.25. The van der Waals surface area contributed by atoms with Gasteiger partial charge in [0.2, 0.25) is 0 Å². The zero-order valence-corrected chi connectivity index (χ0v) is 9.75. The number of nitrogen functional groups attached to an aromatic ring is 1. The fourth-order valence-corrected chi connectivity index (χ4v) is 2.51. The van der Waals surface area contributed by atoms with Gasteiger partial charge in [0, 0.05) is 23.8 Å². The van der Waals surface area contributed by atoms with E-state index in [9.17, 15) is 4.39 Å². The summed E-state index contributed by atoms with van der Waals surface area (Å²) >= 11 is 0. The van der Waals surface area contributed by atoms with E-state index < -0.39 is 0 Å². The van der Waals surface area contributed by atoms with Crippen LogP contribution in [0.5, 0.6) is 0 Å². The molecular weight excluding hydrogens is 203 g/mol. The van der Waals surface area contributed by atoms with Crippen molar-refractivity contribution in [2.24, 2.45) is 0 Å². The van der Waals surface area contributed by atoms with E-state index in [-0.39, 0.29) is 5.82 Å². The van der Waals surface area contributed by atoms with Gasteiger partial charge in [-0.1, -0.05) is 13.0 Å². The zero-order chi connectivity index (χ0) is 11.5. The highest BCUT2D eigenvalue weighted by atomic mass is 19.1. The van der Waals surface area contributed by atoms with Gasteiger partial charge in [0.15, 0.2) is 0 Å². The van der Waals surface area contributed by atoms with Gasteiger partial charge in [0.25, 0.3) is 0 Å². The average Bonchev–Trinajstić information content (AvgIpc) is 2.71. The van der Waals surface area contributed by atoms with Crippen LogP contribution in [0, 0.1) is 5.82 Å². The summed E-state index contributed by atoms with van der Waals surface area (Å²) in [5, 5.41) is 0. The van der Waals surface area contributed by atoms with E-state index >= 15 is 0 Å². The Morgan fingerprint density at radius 2 is 2.31 bits per heavy atom. The molecule has 1 aromatic rings. The molecule has 0 amide bonds. The predicted molar refractivity (Wildman–Crippen MR) is 64.5 cm³/mol. The molecule has 2 nitrogen and oxygen atoms in total. The Hall–Kier alpha value is -1.09. The van der Waals surface area contributed by atoms with Crippen LogP contribution >= 0.6 is 0 Å². The first kappa shape index (κ1) is 11.4. The molecule has 1 saturated heterocycles. The second-order valence-corrected chi connectivity index (χ2v) is 4.48. The lowest BCUT2D eigenvalue weighted by Gasteiger charge is -2.24. The Bertz CT molecular complexity index is 345. The number of benzene rings is 1. The van der Waals surface area contributed by atoms with Crippen LogP contribution in [0.15, 0.2) is 18.2 Å². The predicted octanol–water partition coefficient (Wildman–Crippen LogP) is 2.78. The number of nitrogens with zero attached hydrogens (tertiary/aromatic N) is 1. The van der Waals surface area contributed by atoms with Gasteiger partial charge in [-0.2, -0.15) is 0 Å². The average molecular weight is 222 g/mol. The molecule has 1 heterocycles. The van der Waals surface area contributed by atoms with Gasteiger partial charge in [-0.3, -0.25) is 4.90 Å². The largest absolute Gasteiger partial charge is 0.398 e. The summed E-state index contributed by atoms with van der Waals surface area (Å²) in [7, 11) is 0. The number of hydrogen-bond acceptors (Lipinski definition) is 2. The maximum absolute atomic E-state index is 13.6. The normalized spacial score (nSPS) is 21.5. The van der Waals surface area contributed by atoms with Crippen molar-refractivity contribution in [2.75, 3.05) is 12.3 Å². The van der Waals surface area contributed by atoms with Crippen LogP contribution in [0.3, 0.4) is 0 Å². The fourth-order valence-electron chi connectivity index (χ4n) is 2.51. The van der Waals surface area contributed by atoms with Crippen LogP contribution in [-0.2, 0) is 6.54 Å². The smallest absolute Gasteiger partial charge is 0.129 e. The highest BCUT2D eigenvalue weighted by Gasteiger charge is 2.24. The van der Waals surface area contributed by atoms with Gasteiger partial charge in [-0.05, 0) is 37.9 Å². The minimum absolute atomic E-state index is 0.179. The summed E-state index contributed by atoms with van der Waals surface area (Å²) in [6.07, 6.45) is 3.58. The fraction of sp³-hybridized carbons (Fsp3) is 0.538. The lowest BCUT2D eigenvalue weighted by molar-refractivity contribution is 0.237. The molecule has 0 aliphatic carbocycles. The Morgan fingerprint density at radius 3 is 3.00 bits per heavy atom. The van der Waals surface area contributed by atoms with Crippen LogP contribution in [0.4, 0.5) is 10.1 Å². The topological polar surface area (TPSA) is 29.3 Å². The first-order valence-corrected chi connectivity index (χ1v) is 5.99. The molecular formula is C13H19FN2. The Kier molecular flexibility index (Phi) is 3.44. The minimum atomic E-state index is -0.179. The van der Waals surface area contributed by atoms with Crippen LogP contribution in [0.2, 0.25) is 0 Å². The van der Waals surface area contributed by atoms with E-state index in [0.717, 1.165) is 13.0 Å². The molecule has 0 saturated carbocycles. The van der Waals surface area contributed by atoms with E-state index in [4.69, 9.17) is 5.73 Å². The molecule has 0 radical (unpaired) electrons. The molecule has 1 aromatic carbocycles. The Balaban J connectivity index is 2.14. The summed E-state index contributed by atoms with van der Waals surface area (Å²) < 4.78 is 13.6. The molecule has 0 spiro atoms. The third kappa shape index (κ3) is 2.19. The van der Waals surface area contributed by atoms with Gasteiger partial charge < -0.3 is 5.73 Å². The molecule has 3 heteroatoms. The van der Waals surface area contributed by atoms with Gasteiger partial charge in [0.05, 0.1) is 0 Å². The minimum Gasteiger partial charge on any atom is -0.398 e. The summed E-state index contributed by atoms with van der Waals surface area (Å²) in [4.78, 5) is 2.34. The van der Waals surface area contributed by atoms with E-state index in [1.54, 1.807) is 12.1 Å². The summed E-state index contributed by atoms with van der Waals surface area (Å²) in [6, 6.07) is 5.52. The summed E-state index contributed by atoms with van der Waals surface area (Å²) in [6.45, 7) is 3.90. The van der Waals surface area contributed by atoms with Gasteiger partial charge >= 0.3 is 0 Å². The lowest BCUT2D eigenvalue weighted by atomic mass is 10.1. The lowest BCUT2D eigenvalue weighted by Crippen LogP contribution is -2.29. The third-order valence-corrected chi connectivity index (χ3v) is 3.49. The number of likely N-dealkylation sites (tertiary alicyclic amines) is 1. The van der Waals surface area contributed by atoms with E-state index in [1.807, 2.05) is 0 Å². The number of halogens is 1. The number of rotatable bonds is 3. The van der Waals surface area contributed by atoms with E-state index in [1.165, 1.54) is 18.9 Å². The number of hydrogen-bond donors (Lipinski definition) is 1. The van der Waals surface area contributed by atoms with Crippen LogP contribution in [-0.4, -0.2) is 17.5 Å². The quantitative estimate of drug-likeness (QED) is 0.797.